The van der Waals surface area contributed by atoms with E-state index < -0.39 is 18.0 Å². The van der Waals surface area contributed by atoms with Gasteiger partial charge in [0.1, 0.15) is 5.69 Å². The molecule has 2 rings (SSSR count). The quantitative estimate of drug-likeness (QED) is 0.890. The Labute approximate surface area is 111 Å². The molecular formula is C12H10F3N3O2. The number of amides is 1. The van der Waals surface area contributed by atoms with Gasteiger partial charge in [-0.05, 0) is 18.2 Å². The molecule has 0 saturated heterocycles. The van der Waals surface area contributed by atoms with Gasteiger partial charge in [-0.25, -0.2) is 4.79 Å². The van der Waals surface area contributed by atoms with Gasteiger partial charge in [0.25, 0.3) is 0 Å². The van der Waals surface area contributed by atoms with Crippen LogP contribution in [0.15, 0.2) is 30.3 Å². The monoisotopic (exact) mass is 285 g/mol. The number of alkyl halides is 3. The van der Waals surface area contributed by atoms with Crippen molar-refractivity contribution in [3.63, 3.8) is 0 Å². The van der Waals surface area contributed by atoms with Gasteiger partial charge in [-0.15, -0.1) is 0 Å². The van der Waals surface area contributed by atoms with E-state index in [1.54, 1.807) is 0 Å². The second kappa shape index (κ2) is 4.87. The fourth-order valence-corrected chi connectivity index (χ4v) is 1.72. The first kappa shape index (κ1) is 13.9. The lowest BCUT2D eigenvalue weighted by Crippen LogP contribution is -2.11. The number of aromatic nitrogens is 2. The van der Waals surface area contributed by atoms with E-state index in [0.29, 0.717) is 11.3 Å². The molecule has 106 valence electrons. The van der Waals surface area contributed by atoms with Gasteiger partial charge in [0, 0.05) is 18.3 Å². The molecule has 0 aliphatic carbocycles. The largest absolute Gasteiger partial charge is 0.465 e. The number of nitrogens with one attached hydrogen (secondary N) is 1. The molecule has 0 fully saturated rings. The predicted octanol–water partition coefficient (Wildman–Crippen LogP) is 3.20. The molecule has 0 saturated carbocycles. The van der Waals surface area contributed by atoms with E-state index in [1.807, 2.05) is 0 Å². The van der Waals surface area contributed by atoms with E-state index in [1.165, 1.54) is 31.3 Å². The minimum atomic E-state index is -4.47. The normalized spacial score (nSPS) is 11.4. The third-order valence-corrected chi connectivity index (χ3v) is 2.60. The SMILES string of the molecule is Cn1nc(-c2ccc(NC(=O)O)cc2)cc1C(F)(F)F. The molecule has 0 radical (unpaired) electrons. The summed E-state index contributed by atoms with van der Waals surface area (Å²) in [6, 6.07) is 6.83. The molecule has 1 aromatic heterocycles. The van der Waals surface area contributed by atoms with Crippen LogP contribution in [0, 0.1) is 0 Å². The van der Waals surface area contributed by atoms with E-state index in [4.69, 9.17) is 5.11 Å². The summed E-state index contributed by atoms with van der Waals surface area (Å²) in [6.45, 7) is 0. The number of aryl methyl sites for hydroxylation is 1. The highest BCUT2D eigenvalue weighted by Crippen LogP contribution is 2.32. The fraction of sp³-hybridized carbons (Fsp3) is 0.167. The Balaban J connectivity index is 2.31. The molecule has 8 heteroatoms. The molecule has 0 unspecified atom stereocenters. The van der Waals surface area contributed by atoms with Crippen molar-refractivity contribution in [2.45, 2.75) is 6.18 Å². The Morgan fingerprint density at radius 1 is 1.30 bits per heavy atom. The second-order valence-electron chi connectivity index (χ2n) is 4.04. The Hall–Kier alpha value is -2.51. The number of anilines is 1. The summed E-state index contributed by atoms with van der Waals surface area (Å²) in [5, 5.41) is 14.5. The van der Waals surface area contributed by atoms with Gasteiger partial charge >= 0.3 is 12.3 Å². The molecular weight excluding hydrogens is 275 g/mol. The molecule has 5 nitrogen and oxygen atoms in total. The minimum Gasteiger partial charge on any atom is -0.465 e. The van der Waals surface area contributed by atoms with E-state index in [0.717, 1.165) is 10.7 Å². The van der Waals surface area contributed by atoms with Crippen molar-refractivity contribution in [2.24, 2.45) is 7.05 Å². The highest BCUT2D eigenvalue weighted by atomic mass is 19.4. The van der Waals surface area contributed by atoms with Crippen LogP contribution in [0.4, 0.5) is 23.7 Å². The van der Waals surface area contributed by atoms with Gasteiger partial charge in [0.2, 0.25) is 0 Å². The average molecular weight is 285 g/mol. The summed E-state index contributed by atoms with van der Waals surface area (Å²) < 4.78 is 38.7. The van der Waals surface area contributed by atoms with Crippen LogP contribution in [-0.2, 0) is 13.2 Å². The minimum absolute atomic E-state index is 0.168. The summed E-state index contributed by atoms with van der Waals surface area (Å²) in [6.07, 6.45) is -5.68. The highest BCUT2D eigenvalue weighted by molar-refractivity contribution is 5.83. The van der Waals surface area contributed by atoms with Crippen LogP contribution >= 0.6 is 0 Å². The summed E-state index contributed by atoms with van der Waals surface area (Å²) in [5.41, 5.74) is 0.113. The number of carbonyl (C=O) groups is 1. The lowest BCUT2D eigenvalue weighted by Gasteiger charge is -2.04. The number of rotatable bonds is 2. The van der Waals surface area contributed by atoms with Crippen LogP contribution in [0.5, 0.6) is 0 Å². The molecule has 0 bridgehead atoms. The molecule has 1 aromatic carbocycles. The first-order valence-corrected chi connectivity index (χ1v) is 5.49. The van der Waals surface area contributed by atoms with E-state index in [9.17, 15) is 18.0 Å². The van der Waals surface area contributed by atoms with E-state index in [2.05, 4.69) is 10.4 Å². The van der Waals surface area contributed by atoms with E-state index in [-0.39, 0.29) is 5.69 Å². The second-order valence-corrected chi connectivity index (χ2v) is 4.04. The van der Waals surface area contributed by atoms with Crippen molar-refractivity contribution in [1.29, 1.82) is 0 Å². The Morgan fingerprint density at radius 3 is 2.35 bits per heavy atom. The number of hydrogen-bond acceptors (Lipinski definition) is 2. The summed E-state index contributed by atoms with van der Waals surface area (Å²) >= 11 is 0. The van der Waals surface area contributed by atoms with Crippen molar-refractivity contribution < 1.29 is 23.1 Å². The van der Waals surface area contributed by atoms with Crippen LogP contribution in [0.2, 0.25) is 0 Å². The van der Waals surface area contributed by atoms with Crippen LogP contribution < -0.4 is 5.32 Å². The number of benzene rings is 1. The maximum Gasteiger partial charge on any atom is 0.433 e. The zero-order chi connectivity index (χ0) is 14.9. The summed E-state index contributed by atoms with van der Waals surface area (Å²) in [7, 11) is 1.21. The third-order valence-electron chi connectivity index (χ3n) is 2.60. The fourth-order valence-electron chi connectivity index (χ4n) is 1.72. The van der Waals surface area contributed by atoms with Gasteiger partial charge in [-0.3, -0.25) is 10.00 Å². The standard InChI is InChI=1S/C12H10F3N3O2/c1-18-10(12(13,14)15)6-9(17-18)7-2-4-8(5-3-7)16-11(19)20/h2-6,16H,1H3,(H,19,20). The van der Waals surface area contributed by atoms with Gasteiger partial charge < -0.3 is 5.11 Å². The van der Waals surface area contributed by atoms with Gasteiger partial charge in [-0.2, -0.15) is 18.3 Å². The summed E-state index contributed by atoms with van der Waals surface area (Å²) in [4.78, 5) is 10.4. The van der Waals surface area contributed by atoms with Crippen LogP contribution in [-0.4, -0.2) is 21.0 Å². The lowest BCUT2D eigenvalue weighted by molar-refractivity contribution is -0.143. The smallest absolute Gasteiger partial charge is 0.433 e. The number of carboxylic acid groups (broad SMARTS) is 1. The summed E-state index contributed by atoms with van der Waals surface area (Å²) in [5.74, 6) is 0. The number of halogens is 3. The molecule has 0 aliphatic rings. The zero-order valence-corrected chi connectivity index (χ0v) is 10.3. The van der Waals surface area contributed by atoms with Gasteiger partial charge in [0.05, 0.1) is 5.69 Å². The van der Waals surface area contributed by atoms with Crippen molar-refractivity contribution in [1.82, 2.24) is 9.78 Å². The first-order chi connectivity index (χ1) is 9.27. The van der Waals surface area contributed by atoms with Gasteiger partial charge in [0.15, 0.2) is 0 Å². The van der Waals surface area contributed by atoms with Crippen LogP contribution in [0.1, 0.15) is 5.69 Å². The number of hydrogen-bond donors (Lipinski definition) is 2. The molecule has 0 spiro atoms. The first-order valence-electron chi connectivity index (χ1n) is 5.49. The molecule has 1 heterocycles. The Kier molecular flexibility index (Phi) is 3.39. The van der Waals surface area contributed by atoms with Crippen molar-refractivity contribution >= 4 is 11.8 Å². The zero-order valence-electron chi connectivity index (χ0n) is 10.3. The molecule has 0 atom stereocenters. The molecule has 20 heavy (non-hydrogen) atoms. The third kappa shape index (κ3) is 2.90. The maximum absolute atomic E-state index is 12.6. The van der Waals surface area contributed by atoms with E-state index >= 15 is 0 Å². The maximum atomic E-state index is 12.6. The Bertz CT molecular complexity index is 632. The topological polar surface area (TPSA) is 67.2 Å². The van der Waals surface area contributed by atoms with Crippen molar-refractivity contribution in [3.8, 4) is 11.3 Å². The molecule has 2 aromatic rings. The van der Waals surface area contributed by atoms with Crippen LogP contribution in [0.25, 0.3) is 11.3 Å². The van der Waals surface area contributed by atoms with Crippen molar-refractivity contribution in [3.05, 3.63) is 36.0 Å². The molecule has 0 aliphatic heterocycles. The lowest BCUT2D eigenvalue weighted by atomic mass is 10.1. The Morgan fingerprint density at radius 2 is 1.90 bits per heavy atom. The predicted molar refractivity (Wildman–Crippen MR) is 65.3 cm³/mol. The van der Waals surface area contributed by atoms with Crippen molar-refractivity contribution in [2.75, 3.05) is 5.32 Å². The van der Waals surface area contributed by atoms with Crippen LogP contribution in [0.3, 0.4) is 0 Å². The average Bonchev–Trinajstić information content (AvgIpc) is 2.71. The number of nitrogens with zero attached hydrogens (tertiary/aromatic N) is 2. The van der Waals surface area contributed by atoms with Gasteiger partial charge in [-0.1, -0.05) is 12.1 Å². The molecule has 2 N–H and O–H groups in total. The highest BCUT2D eigenvalue weighted by Gasteiger charge is 2.34. The molecule has 1 amide bonds.